The minimum atomic E-state index is -0.458. The molecule has 1 N–H and O–H groups in total. The summed E-state index contributed by atoms with van der Waals surface area (Å²) in [6, 6.07) is 1.32. The minimum Gasteiger partial charge on any atom is -0.317 e. The van der Waals surface area contributed by atoms with Crippen molar-refractivity contribution in [1.29, 1.82) is 0 Å². The van der Waals surface area contributed by atoms with Crippen LogP contribution in [0.4, 0.5) is 5.69 Å². The van der Waals surface area contributed by atoms with Crippen LogP contribution in [0.2, 0.25) is 0 Å². The molecule has 0 fully saturated rings. The van der Waals surface area contributed by atoms with Crippen molar-refractivity contribution in [2.45, 2.75) is 33.2 Å². The van der Waals surface area contributed by atoms with Gasteiger partial charge in [0.25, 0.3) is 11.2 Å². The van der Waals surface area contributed by atoms with Crippen molar-refractivity contribution >= 4 is 5.69 Å². The molecule has 1 aromatic heterocycles. The van der Waals surface area contributed by atoms with Gasteiger partial charge in [-0.15, -0.1) is 0 Å². The molecular weight excluding hydrogens is 234 g/mol. The summed E-state index contributed by atoms with van der Waals surface area (Å²) in [6.45, 7) is 5.91. The molecule has 18 heavy (non-hydrogen) atoms. The number of nitro groups is 1. The van der Waals surface area contributed by atoms with Gasteiger partial charge in [0.15, 0.2) is 0 Å². The first-order valence-corrected chi connectivity index (χ1v) is 6.12. The maximum atomic E-state index is 11.7. The zero-order chi connectivity index (χ0) is 13.5. The molecule has 0 radical (unpaired) electrons. The van der Waals surface area contributed by atoms with Crippen LogP contribution in [0, 0.1) is 17.0 Å². The molecule has 1 rings (SSSR count). The molecule has 100 valence electrons. The molecule has 1 heterocycles. The molecule has 0 atom stereocenters. The van der Waals surface area contributed by atoms with Crippen LogP contribution in [0.25, 0.3) is 0 Å². The second-order valence-corrected chi connectivity index (χ2v) is 4.23. The Balaban J connectivity index is 2.68. The fourth-order valence-electron chi connectivity index (χ4n) is 1.70. The molecule has 6 nitrogen and oxygen atoms in total. The predicted molar refractivity (Wildman–Crippen MR) is 69.9 cm³/mol. The number of nitrogens with one attached hydrogen (secondary N) is 1. The van der Waals surface area contributed by atoms with Crippen LogP contribution in [0.5, 0.6) is 0 Å². The van der Waals surface area contributed by atoms with Gasteiger partial charge in [-0.2, -0.15) is 0 Å². The normalized spacial score (nSPS) is 10.6. The first kappa shape index (κ1) is 14.4. The molecule has 0 aliphatic heterocycles. The Hall–Kier alpha value is -1.69. The van der Waals surface area contributed by atoms with Crippen molar-refractivity contribution in [1.82, 2.24) is 9.88 Å². The first-order chi connectivity index (χ1) is 8.56. The standard InChI is InChI=1S/C12H19N3O3/c1-3-5-13-6-4-7-14-9-11(15(17)18)10(2)8-12(14)16/h8-9,13H,3-7H2,1-2H3. The average Bonchev–Trinajstić information content (AvgIpc) is 2.30. The highest BCUT2D eigenvalue weighted by molar-refractivity contribution is 5.35. The Labute approximate surface area is 106 Å². The lowest BCUT2D eigenvalue weighted by Gasteiger charge is -2.07. The van der Waals surface area contributed by atoms with Crippen LogP contribution >= 0.6 is 0 Å². The van der Waals surface area contributed by atoms with E-state index < -0.39 is 4.92 Å². The van der Waals surface area contributed by atoms with Crippen molar-refractivity contribution in [2.75, 3.05) is 13.1 Å². The Kier molecular flexibility index (Phi) is 5.51. The van der Waals surface area contributed by atoms with E-state index >= 15 is 0 Å². The van der Waals surface area contributed by atoms with E-state index in [4.69, 9.17) is 0 Å². The lowest BCUT2D eigenvalue weighted by molar-refractivity contribution is -0.385. The van der Waals surface area contributed by atoms with E-state index in [0.717, 1.165) is 25.9 Å². The van der Waals surface area contributed by atoms with E-state index in [1.165, 1.54) is 16.8 Å². The molecule has 0 aromatic carbocycles. The topological polar surface area (TPSA) is 77.2 Å². The summed E-state index contributed by atoms with van der Waals surface area (Å²) in [4.78, 5) is 22.0. The van der Waals surface area contributed by atoms with E-state index in [1.807, 2.05) is 0 Å². The largest absolute Gasteiger partial charge is 0.317 e. The Bertz CT molecular complexity index is 468. The second-order valence-electron chi connectivity index (χ2n) is 4.23. The van der Waals surface area contributed by atoms with E-state index in [-0.39, 0.29) is 11.2 Å². The second kappa shape index (κ2) is 6.90. The average molecular weight is 253 g/mol. The predicted octanol–water partition coefficient (Wildman–Crippen LogP) is 1.45. The first-order valence-electron chi connectivity index (χ1n) is 6.12. The number of hydrogen-bond acceptors (Lipinski definition) is 4. The van der Waals surface area contributed by atoms with Crippen molar-refractivity contribution in [2.24, 2.45) is 0 Å². The highest BCUT2D eigenvalue weighted by Crippen LogP contribution is 2.13. The Morgan fingerprint density at radius 3 is 2.78 bits per heavy atom. The van der Waals surface area contributed by atoms with Crippen LogP contribution in [-0.2, 0) is 6.54 Å². The van der Waals surface area contributed by atoms with Crippen molar-refractivity contribution in [3.8, 4) is 0 Å². The fraction of sp³-hybridized carbons (Fsp3) is 0.583. The van der Waals surface area contributed by atoms with Crippen LogP contribution < -0.4 is 10.9 Å². The summed E-state index contributed by atoms with van der Waals surface area (Å²) in [5, 5.41) is 14.0. The molecule has 0 aliphatic rings. The van der Waals surface area contributed by atoms with Gasteiger partial charge in [-0.1, -0.05) is 6.92 Å². The van der Waals surface area contributed by atoms with Crippen LogP contribution in [-0.4, -0.2) is 22.6 Å². The highest BCUT2D eigenvalue weighted by atomic mass is 16.6. The quantitative estimate of drug-likeness (QED) is 0.453. The lowest BCUT2D eigenvalue weighted by Crippen LogP contribution is -2.23. The molecule has 0 saturated carbocycles. The fourth-order valence-corrected chi connectivity index (χ4v) is 1.70. The van der Waals surface area contributed by atoms with Gasteiger partial charge >= 0.3 is 0 Å². The molecule has 0 unspecified atom stereocenters. The summed E-state index contributed by atoms with van der Waals surface area (Å²) >= 11 is 0. The number of pyridine rings is 1. The molecule has 0 spiro atoms. The van der Waals surface area contributed by atoms with E-state index in [2.05, 4.69) is 12.2 Å². The zero-order valence-electron chi connectivity index (χ0n) is 10.8. The Morgan fingerprint density at radius 2 is 2.17 bits per heavy atom. The minimum absolute atomic E-state index is 0.00360. The summed E-state index contributed by atoms with van der Waals surface area (Å²) in [7, 11) is 0. The molecule has 1 aromatic rings. The molecule has 0 aliphatic carbocycles. The summed E-state index contributed by atoms with van der Waals surface area (Å²) in [5.74, 6) is 0. The van der Waals surface area contributed by atoms with Gasteiger partial charge in [0.05, 0.1) is 11.1 Å². The smallest absolute Gasteiger partial charge is 0.288 e. The van der Waals surface area contributed by atoms with Gasteiger partial charge in [-0.05, 0) is 32.9 Å². The SMILES string of the molecule is CCCNCCCn1cc([N+](=O)[O-])c(C)cc1=O. The third-order valence-electron chi connectivity index (χ3n) is 2.68. The molecule has 0 amide bonds. The van der Waals surface area contributed by atoms with Crippen LogP contribution in [0.3, 0.4) is 0 Å². The Morgan fingerprint density at radius 1 is 1.44 bits per heavy atom. The van der Waals surface area contributed by atoms with Crippen LogP contribution in [0.15, 0.2) is 17.1 Å². The molecule has 0 bridgehead atoms. The van der Waals surface area contributed by atoms with Gasteiger partial charge < -0.3 is 9.88 Å². The molecule has 6 heteroatoms. The zero-order valence-corrected chi connectivity index (χ0v) is 10.8. The van der Waals surface area contributed by atoms with Crippen LogP contribution in [0.1, 0.15) is 25.3 Å². The van der Waals surface area contributed by atoms with Crippen molar-refractivity contribution in [3.63, 3.8) is 0 Å². The number of rotatable bonds is 7. The van der Waals surface area contributed by atoms with Gasteiger partial charge in [0.1, 0.15) is 0 Å². The van der Waals surface area contributed by atoms with Gasteiger partial charge in [-0.3, -0.25) is 14.9 Å². The van der Waals surface area contributed by atoms with E-state index in [1.54, 1.807) is 6.92 Å². The monoisotopic (exact) mass is 253 g/mol. The summed E-state index contributed by atoms with van der Waals surface area (Å²) in [6.07, 6.45) is 3.17. The number of aromatic nitrogens is 1. The number of aryl methyl sites for hydroxylation is 2. The summed E-state index contributed by atoms with van der Waals surface area (Å²) in [5.41, 5.74) is 0.218. The van der Waals surface area contributed by atoms with Crippen molar-refractivity contribution in [3.05, 3.63) is 38.3 Å². The molecule has 0 saturated heterocycles. The third-order valence-corrected chi connectivity index (χ3v) is 2.68. The lowest BCUT2D eigenvalue weighted by atomic mass is 10.2. The maximum absolute atomic E-state index is 11.7. The van der Waals surface area contributed by atoms with Gasteiger partial charge in [-0.25, -0.2) is 0 Å². The van der Waals surface area contributed by atoms with E-state index in [0.29, 0.717) is 12.1 Å². The third kappa shape index (κ3) is 3.96. The van der Waals surface area contributed by atoms with Crippen molar-refractivity contribution < 1.29 is 4.92 Å². The summed E-state index contributed by atoms with van der Waals surface area (Å²) < 4.78 is 1.40. The van der Waals surface area contributed by atoms with Gasteiger partial charge in [0, 0.05) is 18.2 Å². The highest BCUT2D eigenvalue weighted by Gasteiger charge is 2.12. The maximum Gasteiger partial charge on any atom is 0.288 e. The number of hydrogen-bond donors (Lipinski definition) is 1. The van der Waals surface area contributed by atoms with Gasteiger partial charge in [0.2, 0.25) is 0 Å². The number of nitrogens with zero attached hydrogens (tertiary/aromatic N) is 2. The molecular formula is C12H19N3O3. The van der Waals surface area contributed by atoms with E-state index in [9.17, 15) is 14.9 Å².